The Kier molecular flexibility index (Phi) is 6.81. The van der Waals surface area contributed by atoms with E-state index in [1.807, 2.05) is 0 Å². The summed E-state index contributed by atoms with van der Waals surface area (Å²) in [6.07, 6.45) is 9.34. The van der Waals surface area contributed by atoms with Gasteiger partial charge in [-0.2, -0.15) is 0 Å². The normalized spacial score (nSPS) is 26.3. The van der Waals surface area contributed by atoms with Gasteiger partial charge in [-0.25, -0.2) is 0 Å². The Hall–Kier alpha value is -0.770. The molecule has 4 nitrogen and oxygen atoms in total. The predicted molar refractivity (Wildman–Crippen MR) is 88.4 cm³/mol. The quantitative estimate of drug-likeness (QED) is 0.605. The highest BCUT2D eigenvalue weighted by Crippen LogP contribution is 2.30. The van der Waals surface area contributed by atoms with Crippen LogP contribution in [-0.2, 0) is 4.74 Å². The predicted octanol–water partition coefficient (Wildman–Crippen LogP) is 3.02. The summed E-state index contributed by atoms with van der Waals surface area (Å²) in [7, 11) is 0. The number of guanidine groups is 1. The largest absolute Gasteiger partial charge is 0.378 e. The molecule has 0 aromatic heterocycles. The molecule has 0 aromatic rings. The van der Waals surface area contributed by atoms with E-state index in [2.05, 4.69) is 23.7 Å². The third kappa shape index (κ3) is 5.17. The number of aliphatic imine (C=N–C) groups is 1. The molecule has 2 rings (SSSR count). The Bertz CT molecular complexity index is 326. The van der Waals surface area contributed by atoms with Gasteiger partial charge < -0.3 is 15.4 Å². The van der Waals surface area contributed by atoms with Crippen LogP contribution in [0.15, 0.2) is 4.99 Å². The fourth-order valence-corrected chi connectivity index (χ4v) is 3.80. The van der Waals surface area contributed by atoms with Crippen LogP contribution >= 0.6 is 0 Å². The lowest BCUT2D eigenvalue weighted by Crippen LogP contribution is -2.43. The standard InChI is InChI=1S/C17H33N3O/c1-3-21-16(15-8-4-5-9-15)10-11-19-17(18)20-12-6-7-14(2)13-20/h14-16H,3-13H2,1-2H3,(H2,18,19). The van der Waals surface area contributed by atoms with Gasteiger partial charge in [0.15, 0.2) is 5.96 Å². The minimum Gasteiger partial charge on any atom is -0.378 e. The molecule has 0 spiro atoms. The lowest BCUT2D eigenvalue weighted by atomic mass is 9.98. The summed E-state index contributed by atoms with van der Waals surface area (Å²) in [5.41, 5.74) is 6.16. The fraction of sp³-hybridized carbons (Fsp3) is 0.941. The van der Waals surface area contributed by atoms with E-state index in [-0.39, 0.29) is 0 Å². The first kappa shape index (κ1) is 16.6. The molecule has 2 fully saturated rings. The molecule has 1 saturated heterocycles. The Morgan fingerprint density at radius 2 is 2.05 bits per heavy atom. The van der Waals surface area contributed by atoms with Crippen LogP contribution in [0.25, 0.3) is 0 Å². The average molecular weight is 295 g/mol. The van der Waals surface area contributed by atoms with Crippen LogP contribution in [0, 0.1) is 11.8 Å². The van der Waals surface area contributed by atoms with Gasteiger partial charge in [0.25, 0.3) is 0 Å². The monoisotopic (exact) mass is 295 g/mol. The molecule has 1 aliphatic carbocycles. The van der Waals surface area contributed by atoms with E-state index >= 15 is 0 Å². The van der Waals surface area contributed by atoms with Gasteiger partial charge in [-0.1, -0.05) is 19.8 Å². The van der Waals surface area contributed by atoms with Gasteiger partial charge in [0, 0.05) is 26.2 Å². The zero-order chi connectivity index (χ0) is 15.1. The molecule has 2 unspecified atom stereocenters. The summed E-state index contributed by atoms with van der Waals surface area (Å²) in [6.45, 7) is 8.13. The average Bonchev–Trinajstić information content (AvgIpc) is 3.00. The van der Waals surface area contributed by atoms with E-state index in [9.17, 15) is 0 Å². The minimum atomic E-state index is 0.384. The van der Waals surface area contributed by atoms with Crippen molar-refractivity contribution < 1.29 is 4.74 Å². The smallest absolute Gasteiger partial charge is 0.191 e. The lowest BCUT2D eigenvalue weighted by Gasteiger charge is -2.31. The number of nitrogens with two attached hydrogens (primary N) is 1. The van der Waals surface area contributed by atoms with Crippen LogP contribution < -0.4 is 5.73 Å². The SMILES string of the molecule is CCOC(CCN=C(N)N1CCCC(C)C1)C1CCCC1. The van der Waals surface area contributed by atoms with Crippen LogP contribution in [0.1, 0.15) is 58.8 Å². The zero-order valence-corrected chi connectivity index (χ0v) is 13.9. The molecule has 122 valence electrons. The second kappa shape index (κ2) is 8.62. The number of nitrogens with zero attached hydrogens (tertiary/aromatic N) is 2. The molecule has 0 aromatic carbocycles. The van der Waals surface area contributed by atoms with E-state index in [0.717, 1.165) is 50.5 Å². The number of rotatable bonds is 6. The van der Waals surface area contributed by atoms with E-state index in [1.165, 1.54) is 38.5 Å². The van der Waals surface area contributed by atoms with Crippen LogP contribution in [0.4, 0.5) is 0 Å². The second-order valence-corrected chi connectivity index (χ2v) is 6.76. The van der Waals surface area contributed by atoms with Gasteiger partial charge in [-0.05, 0) is 50.9 Å². The molecule has 0 radical (unpaired) electrons. The Morgan fingerprint density at radius 3 is 2.71 bits per heavy atom. The maximum Gasteiger partial charge on any atom is 0.191 e. The molecule has 0 amide bonds. The molecule has 0 bridgehead atoms. The van der Waals surface area contributed by atoms with Gasteiger partial charge in [0.05, 0.1) is 6.10 Å². The van der Waals surface area contributed by atoms with Crippen molar-refractivity contribution in [2.24, 2.45) is 22.6 Å². The summed E-state index contributed by atoms with van der Waals surface area (Å²) < 4.78 is 5.95. The van der Waals surface area contributed by atoms with Crippen molar-refractivity contribution in [2.75, 3.05) is 26.2 Å². The van der Waals surface area contributed by atoms with Crippen LogP contribution in [0.2, 0.25) is 0 Å². The Morgan fingerprint density at radius 1 is 1.29 bits per heavy atom. The first-order chi connectivity index (χ1) is 10.2. The number of hydrogen-bond donors (Lipinski definition) is 1. The first-order valence-electron chi connectivity index (χ1n) is 8.87. The maximum atomic E-state index is 6.16. The third-order valence-corrected chi connectivity index (χ3v) is 4.97. The first-order valence-corrected chi connectivity index (χ1v) is 8.87. The number of piperidine rings is 1. The fourth-order valence-electron chi connectivity index (χ4n) is 3.80. The van der Waals surface area contributed by atoms with Gasteiger partial charge in [0.2, 0.25) is 0 Å². The van der Waals surface area contributed by atoms with Gasteiger partial charge in [-0.15, -0.1) is 0 Å². The molecule has 2 atom stereocenters. The second-order valence-electron chi connectivity index (χ2n) is 6.76. The zero-order valence-electron chi connectivity index (χ0n) is 13.9. The molecular weight excluding hydrogens is 262 g/mol. The van der Waals surface area contributed by atoms with Crippen molar-refractivity contribution in [3.05, 3.63) is 0 Å². The molecule has 4 heteroatoms. The molecule has 21 heavy (non-hydrogen) atoms. The van der Waals surface area contributed by atoms with Gasteiger partial charge in [-0.3, -0.25) is 4.99 Å². The van der Waals surface area contributed by atoms with Crippen molar-refractivity contribution in [1.82, 2.24) is 4.90 Å². The molecule has 1 saturated carbocycles. The van der Waals surface area contributed by atoms with Gasteiger partial charge in [0.1, 0.15) is 0 Å². The summed E-state index contributed by atoms with van der Waals surface area (Å²) in [5.74, 6) is 2.22. The van der Waals surface area contributed by atoms with Crippen LogP contribution in [-0.4, -0.2) is 43.2 Å². The third-order valence-electron chi connectivity index (χ3n) is 4.97. The number of ether oxygens (including phenoxy) is 1. The summed E-state index contributed by atoms with van der Waals surface area (Å²) in [4.78, 5) is 6.87. The van der Waals surface area contributed by atoms with Crippen molar-refractivity contribution in [2.45, 2.75) is 64.9 Å². The topological polar surface area (TPSA) is 50.9 Å². The van der Waals surface area contributed by atoms with Crippen molar-refractivity contribution in [1.29, 1.82) is 0 Å². The summed E-state index contributed by atoms with van der Waals surface area (Å²) >= 11 is 0. The Balaban J connectivity index is 1.78. The highest BCUT2D eigenvalue weighted by atomic mass is 16.5. The summed E-state index contributed by atoms with van der Waals surface area (Å²) in [5, 5.41) is 0. The van der Waals surface area contributed by atoms with E-state index < -0.39 is 0 Å². The lowest BCUT2D eigenvalue weighted by molar-refractivity contribution is 0.0177. The van der Waals surface area contributed by atoms with Crippen LogP contribution in [0.5, 0.6) is 0 Å². The van der Waals surface area contributed by atoms with Gasteiger partial charge >= 0.3 is 0 Å². The molecule has 1 aliphatic heterocycles. The molecule has 2 N–H and O–H groups in total. The summed E-state index contributed by atoms with van der Waals surface area (Å²) in [6, 6.07) is 0. The van der Waals surface area contributed by atoms with Crippen molar-refractivity contribution in [3.8, 4) is 0 Å². The number of likely N-dealkylation sites (tertiary alicyclic amines) is 1. The van der Waals surface area contributed by atoms with Crippen molar-refractivity contribution in [3.63, 3.8) is 0 Å². The molecular formula is C17H33N3O. The number of hydrogen-bond acceptors (Lipinski definition) is 2. The molecule has 2 aliphatic rings. The van der Waals surface area contributed by atoms with E-state index in [0.29, 0.717) is 6.10 Å². The van der Waals surface area contributed by atoms with Crippen molar-refractivity contribution >= 4 is 5.96 Å². The molecule has 1 heterocycles. The highest BCUT2D eigenvalue weighted by molar-refractivity contribution is 5.78. The maximum absolute atomic E-state index is 6.16. The van der Waals surface area contributed by atoms with Crippen LogP contribution in [0.3, 0.4) is 0 Å². The highest BCUT2D eigenvalue weighted by Gasteiger charge is 2.25. The minimum absolute atomic E-state index is 0.384. The van der Waals surface area contributed by atoms with E-state index in [1.54, 1.807) is 0 Å². The Labute approximate surface area is 130 Å². The van der Waals surface area contributed by atoms with E-state index in [4.69, 9.17) is 10.5 Å².